The second-order valence-electron chi connectivity index (χ2n) is 6.16. The summed E-state index contributed by atoms with van der Waals surface area (Å²) < 4.78 is 5.04. The van der Waals surface area contributed by atoms with Crippen LogP contribution in [0.5, 0.6) is 0 Å². The molecule has 0 radical (unpaired) electrons. The Labute approximate surface area is 163 Å². The van der Waals surface area contributed by atoms with Crippen LogP contribution in [0.2, 0.25) is 0 Å². The number of carbonyl (C=O) groups excluding carboxylic acids is 2. The highest BCUT2D eigenvalue weighted by molar-refractivity contribution is 5.99. The van der Waals surface area contributed by atoms with Gasteiger partial charge < -0.3 is 9.32 Å². The van der Waals surface area contributed by atoms with Crippen LogP contribution in [0.3, 0.4) is 0 Å². The van der Waals surface area contributed by atoms with Crippen LogP contribution in [-0.2, 0) is 4.79 Å². The number of hydrogen-bond donors (Lipinski definition) is 1. The summed E-state index contributed by atoms with van der Waals surface area (Å²) in [5.41, 5.74) is 0.931. The van der Waals surface area contributed by atoms with E-state index in [-0.39, 0.29) is 12.1 Å². The summed E-state index contributed by atoms with van der Waals surface area (Å²) in [6.07, 6.45) is 3.63. The first-order valence-electron chi connectivity index (χ1n) is 8.48. The smallest absolute Gasteiger partial charge is 0.277 e. The number of hydrogen-bond acceptors (Lipinski definition) is 8. The van der Waals surface area contributed by atoms with Gasteiger partial charge in [-0.3, -0.25) is 29.8 Å². The Hall–Kier alpha value is -4.09. The molecule has 2 aromatic rings. The average molecular weight is 401 g/mol. The van der Waals surface area contributed by atoms with Gasteiger partial charge in [-0.1, -0.05) is 0 Å². The van der Waals surface area contributed by atoms with Gasteiger partial charge in [0.2, 0.25) is 0 Å². The lowest BCUT2D eigenvalue weighted by molar-refractivity contribution is -0.394. The van der Waals surface area contributed by atoms with Crippen LogP contribution in [-0.4, -0.2) is 45.4 Å². The van der Waals surface area contributed by atoms with Crippen molar-refractivity contribution >= 4 is 29.4 Å². The molecule has 2 amide bonds. The molecule has 0 unspecified atom stereocenters. The van der Waals surface area contributed by atoms with E-state index >= 15 is 0 Å². The van der Waals surface area contributed by atoms with Gasteiger partial charge in [0.05, 0.1) is 34.0 Å². The SMILES string of the molecule is O=C(NN=Cc1ccco1)[C@H]1CCCN1C(=O)c1cc([N+](=O)[O-])cc([N+](=O)[O-])c1. The van der Waals surface area contributed by atoms with Crippen molar-refractivity contribution in [2.45, 2.75) is 18.9 Å². The van der Waals surface area contributed by atoms with E-state index in [1.54, 1.807) is 12.1 Å². The van der Waals surface area contributed by atoms with E-state index in [9.17, 15) is 29.8 Å². The quantitative estimate of drug-likeness (QED) is 0.439. The zero-order valence-electron chi connectivity index (χ0n) is 14.9. The van der Waals surface area contributed by atoms with Crippen molar-refractivity contribution in [3.8, 4) is 0 Å². The summed E-state index contributed by atoms with van der Waals surface area (Å²) in [7, 11) is 0. The van der Waals surface area contributed by atoms with Crippen LogP contribution in [0.4, 0.5) is 11.4 Å². The van der Waals surface area contributed by atoms with E-state index in [0.29, 0.717) is 18.6 Å². The van der Waals surface area contributed by atoms with Crippen LogP contribution >= 0.6 is 0 Å². The van der Waals surface area contributed by atoms with Gasteiger partial charge in [-0.25, -0.2) is 5.43 Å². The number of nitrogens with one attached hydrogen (secondary N) is 1. The van der Waals surface area contributed by atoms with Gasteiger partial charge in [-0.2, -0.15) is 5.10 Å². The molecule has 2 heterocycles. The van der Waals surface area contributed by atoms with Gasteiger partial charge in [0.25, 0.3) is 23.2 Å². The van der Waals surface area contributed by atoms with Crippen molar-refractivity contribution < 1.29 is 23.9 Å². The maximum absolute atomic E-state index is 12.8. The maximum atomic E-state index is 12.8. The maximum Gasteiger partial charge on any atom is 0.277 e. The molecule has 1 N–H and O–H groups in total. The van der Waals surface area contributed by atoms with Crippen LogP contribution < -0.4 is 5.43 Å². The number of likely N-dealkylation sites (tertiary alicyclic amines) is 1. The number of carbonyl (C=O) groups is 2. The molecule has 0 spiro atoms. The number of non-ortho nitro benzene ring substituents is 2. The summed E-state index contributed by atoms with van der Waals surface area (Å²) in [5.74, 6) is -0.823. The Morgan fingerprint density at radius 2 is 1.90 bits per heavy atom. The van der Waals surface area contributed by atoms with E-state index in [1.165, 1.54) is 17.4 Å². The fourth-order valence-corrected chi connectivity index (χ4v) is 2.98. The largest absolute Gasteiger partial charge is 0.463 e. The summed E-state index contributed by atoms with van der Waals surface area (Å²) in [6.45, 7) is 0.231. The molecule has 1 atom stereocenters. The monoisotopic (exact) mass is 401 g/mol. The number of furan rings is 1. The number of nitrogens with zero attached hydrogens (tertiary/aromatic N) is 4. The normalized spacial score (nSPS) is 16.1. The number of nitro groups is 2. The predicted molar refractivity (Wildman–Crippen MR) is 98.3 cm³/mol. The standard InChI is InChI=1S/C17H15N5O7/c23-16(19-18-10-14-3-2-6-29-14)15-4-1-5-20(15)17(24)11-7-12(21(25)26)9-13(8-11)22(27)28/h2-3,6-10,15H,1,4-5H2,(H,19,23)/t15-/m1/s1. The molecular weight excluding hydrogens is 386 g/mol. The van der Waals surface area contributed by atoms with E-state index in [0.717, 1.165) is 18.2 Å². The Bertz CT molecular complexity index is 954. The topological polar surface area (TPSA) is 161 Å². The number of nitro benzene ring substituents is 2. The van der Waals surface area contributed by atoms with Crippen molar-refractivity contribution in [2.24, 2.45) is 5.10 Å². The lowest BCUT2D eigenvalue weighted by Gasteiger charge is -2.23. The number of benzene rings is 1. The number of hydrazone groups is 1. The zero-order valence-corrected chi connectivity index (χ0v) is 14.9. The van der Waals surface area contributed by atoms with Gasteiger partial charge in [0.15, 0.2) is 0 Å². The van der Waals surface area contributed by atoms with Crippen molar-refractivity contribution in [3.05, 3.63) is 68.1 Å². The zero-order chi connectivity index (χ0) is 21.0. The first-order chi connectivity index (χ1) is 13.9. The van der Waals surface area contributed by atoms with E-state index < -0.39 is 39.1 Å². The second kappa shape index (κ2) is 8.29. The Morgan fingerprint density at radius 3 is 2.48 bits per heavy atom. The molecule has 29 heavy (non-hydrogen) atoms. The van der Waals surface area contributed by atoms with E-state index in [4.69, 9.17) is 4.42 Å². The minimum Gasteiger partial charge on any atom is -0.463 e. The molecule has 1 aromatic heterocycles. The molecule has 12 heteroatoms. The highest BCUT2D eigenvalue weighted by Crippen LogP contribution is 2.26. The highest BCUT2D eigenvalue weighted by atomic mass is 16.6. The molecule has 12 nitrogen and oxygen atoms in total. The van der Waals surface area contributed by atoms with Gasteiger partial charge >= 0.3 is 0 Å². The molecule has 0 bridgehead atoms. The van der Waals surface area contributed by atoms with Gasteiger partial charge in [0, 0.05) is 18.7 Å². The minimum atomic E-state index is -0.852. The van der Waals surface area contributed by atoms with Gasteiger partial charge in [-0.05, 0) is 25.0 Å². The molecule has 3 rings (SSSR count). The third-order valence-corrected chi connectivity index (χ3v) is 4.30. The fraction of sp³-hybridized carbons (Fsp3) is 0.235. The third kappa shape index (κ3) is 4.43. The minimum absolute atomic E-state index is 0.231. The first kappa shape index (κ1) is 19.7. The molecular formula is C17H15N5O7. The van der Waals surface area contributed by atoms with Crippen molar-refractivity contribution in [1.82, 2.24) is 10.3 Å². The fourth-order valence-electron chi connectivity index (χ4n) is 2.98. The molecule has 0 saturated carbocycles. The van der Waals surface area contributed by atoms with E-state index in [1.807, 2.05) is 0 Å². The molecule has 150 valence electrons. The van der Waals surface area contributed by atoms with Crippen LogP contribution in [0.15, 0.2) is 46.1 Å². The number of rotatable bonds is 6. The Morgan fingerprint density at radius 1 is 1.21 bits per heavy atom. The van der Waals surface area contributed by atoms with Crippen LogP contribution in [0.1, 0.15) is 29.0 Å². The summed E-state index contributed by atoms with van der Waals surface area (Å²) >= 11 is 0. The second-order valence-corrected chi connectivity index (χ2v) is 6.16. The molecule has 0 aliphatic carbocycles. The summed E-state index contributed by atoms with van der Waals surface area (Å²) in [5, 5.41) is 25.8. The lowest BCUT2D eigenvalue weighted by Crippen LogP contribution is -2.44. The average Bonchev–Trinajstić information content (AvgIpc) is 3.38. The Kier molecular flexibility index (Phi) is 5.62. The molecule has 1 fully saturated rings. The Balaban J connectivity index is 1.78. The van der Waals surface area contributed by atoms with E-state index in [2.05, 4.69) is 10.5 Å². The molecule has 1 aromatic carbocycles. The van der Waals surface area contributed by atoms with Gasteiger partial charge in [-0.15, -0.1) is 0 Å². The third-order valence-electron chi connectivity index (χ3n) is 4.30. The molecule has 1 aliphatic heterocycles. The van der Waals surface area contributed by atoms with Gasteiger partial charge in [0.1, 0.15) is 11.8 Å². The van der Waals surface area contributed by atoms with Crippen LogP contribution in [0, 0.1) is 20.2 Å². The number of amides is 2. The lowest BCUT2D eigenvalue weighted by atomic mass is 10.1. The van der Waals surface area contributed by atoms with Crippen molar-refractivity contribution in [1.29, 1.82) is 0 Å². The van der Waals surface area contributed by atoms with Crippen molar-refractivity contribution in [2.75, 3.05) is 6.54 Å². The predicted octanol–water partition coefficient (Wildman–Crippen LogP) is 1.85. The first-order valence-corrected chi connectivity index (χ1v) is 8.48. The summed E-state index contributed by atoms with van der Waals surface area (Å²) in [4.78, 5) is 46.9. The summed E-state index contributed by atoms with van der Waals surface area (Å²) in [6, 6.07) is 5.12. The van der Waals surface area contributed by atoms with Crippen LogP contribution in [0.25, 0.3) is 0 Å². The highest BCUT2D eigenvalue weighted by Gasteiger charge is 2.35. The molecule has 1 saturated heterocycles. The molecule has 1 aliphatic rings. The van der Waals surface area contributed by atoms with Crippen molar-refractivity contribution in [3.63, 3.8) is 0 Å².